The van der Waals surface area contributed by atoms with Crippen LogP contribution in [0.3, 0.4) is 0 Å². The molecule has 0 aliphatic carbocycles. The summed E-state index contributed by atoms with van der Waals surface area (Å²) in [5, 5.41) is 3.48. The molecule has 0 aliphatic rings. The molecule has 0 aliphatic heterocycles. The summed E-state index contributed by atoms with van der Waals surface area (Å²) in [6, 6.07) is 13.1. The van der Waals surface area contributed by atoms with Gasteiger partial charge in [-0.15, -0.1) is 0 Å². The highest BCUT2D eigenvalue weighted by atomic mass is 19.3. The number of pyridine rings is 1. The molecule has 1 amide bonds. The number of para-hydroxylation sites is 1. The van der Waals surface area contributed by atoms with Gasteiger partial charge >= 0.3 is 6.61 Å². The first kappa shape index (κ1) is 16.6. The zero-order valence-corrected chi connectivity index (χ0v) is 13.2. The number of hydrogen-bond acceptors (Lipinski definition) is 4. The number of aromatic nitrogens is 1. The second-order valence-corrected chi connectivity index (χ2v) is 5.08. The van der Waals surface area contributed by atoms with Gasteiger partial charge in [-0.25, -0.2) is 0 Å². The highest BCUT2D eigenvalue weighted by Gasteiger charge is 2.14. The molecule has 1 N–H and O–H groups in total. The summed E-state index contributed by atoms with van der Waals surface area (Å²) in [6.45, 7) is -3.00. The van der Waals surface area contributed by atoms with Gasteiger partial charge in [-0.05, 0) is 24.3 Å². The van der Waals surface area contributed by atoms with E-state index in [9.17, 15) is 13.6 Å². The largest absolute Gasteiger partial charge is 0.493 e. The molecule has 0 saturated heterocycles. The molecule has 0 bridgehead atoms. The Labute approximate surface area is 142 Å². The molecular formula is C18H14F2N2O3. The average Bonchev–Trinajstić information content (AvgIpc) is 2.61. The molecule has 0 spiro atoms. The van der Waals surface area contributed by atoms with Gasteiger partial charge in [-0.2, -0.15) is 8.78 Å². The van der Waals surface area contributed by atoms with Crippen molar-refractivity contribution in [2.75, 3.05) is 12.4 Å². The number of anilines is 1. The zero-order chi connectivity index (χ0) is 17.8. The van der Waals surface area contributed by atoms with Gasteiger partial charge in [0, 0.05) is 23.3 Å². The molecule has 0 fully saturated rings. The number of carbonyl (C=O) groups is 1. The lowest BCUT2D eigenvalue weighted by Crippen LogP contribution is -2.13. The Morgan fingerprint density at radius 2 is 1.92 bits per heavy atom. The quantitative estimate of drug-likeness (QED) is 0.757. The fourth-order valence-corrected chi connectivity index (χ4v) is 2.43. The summed E-state index contributed by atoms with van der Waals surface area (Å²) < 4.78 is 34.4. The molecule has 128 valence electrons. The van der Waals surface area contributed by atoms with Gasteiger partial charge in [-0.1, -0.05) is 18.2 Å². The first-order valence-electron chi connectivity index (χ1n) is 7.36. The first-order chi connectivity index (χ1) is 12.1. The van der Waals surface area contributed by atoms with Gasteiger partial charge in [0.25, 0.3) is 5.91 Å². The molecule has 0 radical (unpaired) electrons. The standard InChI is InChI=1S/C18H14F2N2O3/c1-24-14-8-7-12(10-15(14)25-18(19)20)22-17(23)13-6-2-4-11-5-3-9-21-16(11)13/h2-10,18H,1H3,(H,22,23). The molecule has 0 atom stereocenters. The number of amides is 1. The van der Waals surface area contributed by atoms with Crippen molar-refractivity contribution in [3.63, 3.8) is 0 Å². The molecule has 1 aromatic heterocycles. The minimum Gasteiger partial charge on any atom is -0.493 e. The Morgan fingerprint density at radius 1 is 1.12 bits per heavy atom. The maximum atomic E-state index is 12.5. The van der Waals surface area contributed by atoms with Crippen LogP contribution in [0, 0.1) is 0 Å². The molecule has 3 rings (SSSR count). The minimum atomic E-state index is -3.00. The lowest BCUT2D eigenvalue weighted by Gasteiger charge is -2.12. The van der Waals surface area contributed by atoms with Gasteiger partial charge in [0.2, 0.25) is 0 Å². The Kier molecular flexibility index (Phi) is 4.74. The van der Waals surface area contributed by atoms with E-state index in [0.29, 0.717) is 16.8 Å². The lowest BCUT2D eigenvalue weighted by atomic mass is 10.1. The van der Waals surface area contributed by atoms with E-state index >= 15 is 0 Å². The van der Waals surface area contributed by atoms with Gasteiger partial charge in [-0.3, -0.25) is 9.78 Å². The fourth-order valence-electron chi connectivity index (χ4n) is 2.43. The van der Waals surface area contributed by atoms with Crippen molar-refractivity contribution in [2.24, 2.45) is 0 Å². The first-order valence-corrected chi connectivity index (χ1v) is 7.36. The third-order valence-corrected chi connectivity index (χ3v) is 3.51. The number of nitrogens with zero attached hydrogens (tertiary/aromatic N) is 1. The van der Waals surface area contributed by atoms with E-state index in [-0.39, 0.29) is 11.5 Å². The van der Waals surface area contributed by atoms with E-state index in [2.05, 4.69) is 15.0 Å². The number of benzene rings is 2. The Hall–Kier alpha value is -3.22. The SMILES string of the molecule is COc1ccc(NC(=O)c2cccc3cccnc23)cc1OC(F)F. The van der Waals surface area contributed by atoms with Gasteiger partial charge in [0.15, 0.2) is 11.5 Å². The third kappa shape index (κ3) is 3.65. The van der Waals surface area contributed by atoms with E-state index in [1.165, 1.54) is 25.3 Å². The van der Waals surface area contributed by atoms with Crippen LogP contribution in [0.1, 0.15) is 10.4 Å². The lowest BCUT2D eigenvalue weighted by molar-refractivity contribution is -0.0511. The highest BCUT2D eigenvalue weighted by Crippen LogP contribution is 2.31. The van der Waals surface area contributed by atoms with E-state index in [0.717, 1.165) is 5.39 Å². The van der Waals surface area contributed by atoms with Gasteiger partial charge in [0.1, 0.15) is 0 Å². The van der Waals surface area contributed by atoms with E-state index in [4.69, 9.17) is 4.74 Å². The number of hydrogen-bond donors (Lipinski definition) is 1. The van der Waals surface area contributed by atoms with Crippen LogP contribution in [0.2, 0.25) is 0 Å². The fraction of sp³-hybridized carbons (Fsp3) is 0.111. The van der Waals surface area contributed by atoms with Crippen molar-refractivity contribution in [1.82, 2.24) is 4.98 Å². The van der Waals surface area contributed by atoms with Crippen LogP contribution >= 0.6 is 0 Å². The predicted molar refractivity (Wildman–Crippen MR) is 89.3 cm³/mol. The Balaban J connectivity index is 1.90. The number of ether oxygens (including phenoxy) is 2. The number of carbonyl (C=O) groups excluding carboxylic acids is 1. The van der Waals surface area contributed by atoms with Crippen LogP contribution in [0.25, 0.3) is 10.9 Å². The number of halogens is 2. The van der Waals surface area contributed by atoms with Crippen LogP contribution in [-0.2, 0) is 0 Å². The molecular weight excluding hydrogens is 330 g/mol. The van der Waals surface area contributed by atoms with E-state index < -0.39 is 12.5 Å². The maximum Gasteiger partial charge on any atom is 0.387 e. The summed E-state index contributed by atoms with van der Waals surface area (Å²) in [7, 11) is 1.34. The van der Waals surface area contributed by atoms with E-state index in [1.54, 1.807) is 24.4 Å². The molecule has 7 heteroatoms. The Morgan fingerprint density at radius 3 is 2.68 bits per heavy atom. The van der Waals surface area contributed by atoms with Crippen LogP contribution in [-0.4, -0.2) is 24.6 Å². The van der Waals surface area contributed by atoms with Gasteiger partial charge in [0.05, 0.1) is 18.2 Å². The van der Waals surface area contributed by atoms with E-state index in [1.807, 2.05) is 12.1 Å². The average molecular weight is 344 g/mol. The molecule has 5 nitrogen and oxygen atoms in total. The van der Waals surface area contributed by atoms with Crippen LogP contribution < -0.4 is 14.8 Å². The number of methoxy groups -OCH3 is 1. The Bertz CT molecular complexity index is 910. The smallest absolute Gasteiger partial charge is 0.387 e. The molecule has 2 aromatic carbocycles. The summed E-state index contributed by atoms with van der Waals surface area (Å²) in [4.78, 5) is 16.8. The van der Waals surface area contributed by atoms with Crippen molar-refractivity contribution in [1.29, 1.82) is 0 Å². The molecule has 1 heterocycles. The normalized spacial score (nSPS) is 10.7. The van der Waals surface area contributed by atoms with Crippen LogP contribution in [0.5, 0.6) is 11.5 Å². The molecule has 0 unspecified atom stereocenters. The van der Waals surface area contributed by atoms with Crippen molar-refractivity contribution >= 4 is 22.5 Å². The van der Waals surface area contributed by atoms with Crippen molar-refractivity contribution in [3.8, 4) is 11.5 Å². The predicted octanol–water partition coefficient (Wildman–Crippen LogP) is 4.10. The van der Waals surface area contributed by atoms with Crippen molar-refractivity contribution in [2.45, 2.75) is 6.61 Å². The zero-order valence-electron chi connectivity index (χ0n) is 13.2. The molecule has 0 saturated carbocycles. The topological polar surface area (TPSA) is 60.5 Å². The summed E-state index contributed by atoms with van der Waals surface area (Å²) in [5.41, 5.74) is 1.24. The van der Waals surface area contributed by atoms with Crippen molar-refractivity contribution < 1.29 is 23.0 Å². The van der Waals surface area contributed by atoms with Gasteiger partial charge < -0.3 is 14.8 Å². The second-order valence-electron chi connectivity index (χ2n) is 5.08. The number of alkyl halides is 2. The molecule has 3 aromatic rings. The summed E-state index contributed by atoms with van der Waals surface area (Å²) in [6.07, 6.45) is 1.60. The highest BCUT2D eigenvalue weighted by molar-refractivity contribution is 6.11. The number of nitrogens with one attached hydrogen (secondary N) is 1. The van der Waals surface area contributed by atoms with Crippen LogP contribution in [0.15, 0.2) is 54.7 Å². The molecule has 25 heavy (non-hydrogen) atoms. The number of rotatable bonds is 5. The summed E-state index contributed by atoms with van der Waals surface area (Å²) >= 11 is 0. The third-order valence-electron chi connectivity index (χ3n) is 3.51. The van der Waals surface area contributed by atoms with Crippen LogP contribution in [0.4, 0.5) is 14.5 Å². The summed E-state index contributed by atoms with van der Waals surface area (Å²) in [5.74, 6) is -0.422. The maximum absolute atomic E-state index is 12.5. The minimum absolute atomic E-state index is 0.144. The number of fused-ring (bicyclic) bond motifs is 1. The second kappa shape index (κ2) is 7.12. The monoisotopic (exact) mass is 344 g/mol. The van der Waals surface area contributed by atoms with Crippen molar-refractivity contribution in [3.05, 3.63) is 60.3 Å².